The fourth-order valence-electron chi connectivity index (χ4n) is 1.47. The molecule has 0 radical (unpaired) electrons. The van der Waals surface area contributed by atoms with Crippen molar-refractivity contribution < 1.29 is 9.90 Å². The van der Waals surface area contributed by atoms with Crippen LogP contribution in [0.15, 0.2) is 11.5 Å². The molecule has 1 rings (SSSR count). The molecule has 0 spiro atoms. The molecular formula is C9H15NO2S. The third-order valence-corrected chi connectivity index (χ3v) is 2.52. The minimum Gasteiger partial charge on any atom is -0.393 e. The molecule has 2 atom stereocenters. The lowest BCUT2D eigenvalue weighted by molar-refractivity contribution is -0.117. The van der Waals surface area contributed by atoms with Crippen LogP contribution in [0.1, 0.15) is 19.3 Å². The fraction of sp³-hybridized carbons (Fsp3) is 0.667. The summed E-state index contributed by atoms with van der Waals surface area (Å²) in [4.78, 5) is 11.2. The Hall–Kier alpha value is -0.480. The van der Waals surface area contributed by atoms with E-state index in [1.165, 1.54) is 17.8 Å². The van der Waals surface area contributed by atoms with Crippen LogP contribution < -0.4 is 5.32 Å². The normalized spacial score (nSPS) is 28.2. The van der Waals surface area contributed by atoms with Gasteiger partial charge in [0, 0.05) is 12.1 Å². The van der Waals surface area contributed by atoms with E-state index in [9.17, 15) is 9.90 Å². The molecule has 0 aromatic carbocycles. The van der Waals surface area contributed by atoms with E-state index in [-0.39, 0.29) is 18.1 Å². The summed E-state index contributed by atoms with van der Waals surface area (Å²) < 4.78 is 0. The summed E-state index contributed by atoms with van der Waals surface area (Å²) in [6.07, 6.45) is 5.59. The van der Waals surface area contributed by atoms with Crippen molar-refractivity contribution in [2.45, 2.75) is 31.4 Å². The Morgan fingerprint density at radius 1 is 1.62 bits per heavy atom. The monoisotopic (exact) mass is 201 g/mol. The van der Waals surface area contributed by atoms with Gasteiger partial charge in [-0.3, -0.25) is 4.79 Å². The Balaban J connectivity index is 2.24. The molecule has 2 N–H and O–H groups in total. The van der Waals surface area contributed by atoms with Crippen molar-refractivity contribution in [3.63, 3.8) is 0 Å². The summed E-state index contributed by atoms with van der Waals surface area (Å²) in [5, 5.41) is 13.8. The van der Waals surface area contributed by atoms with Gasteiger partial charge in [0.05, 0.1) is 6.10 Å². The van der Waals surface area contributed by atoms with Crippen LogP contribution in [-0.4, -0.2) is 29.4 Å². The van der Waals surface area contributed by atoms with Gasteiger partial charge in [0.15, 0.2) is 0 Å². The highest BCUT2D eigenvalue weighted by molar-refractivity contribution is 8.01. The third kappa shape index (κ3) is 3.83. The van der Waals surface area contributed by atoms with E-state index < -0.39 is 0 Å². The Labute approximate surface area is 82.6 Å². The van der Waals surface area contributed by atoms with Crippen LogP contribution in [-0.2, 0) is 4.79 Å². The number of aliphatic hydroxyl groups is 1. The number of amides is 1. The minimum absolute atomic E-state index is 0.0616. The topological polar surface area (TPSA) is 49.3 Å². The second kappa shape index (κ2) is 5.29. The van der Waals surface area contributed by atoms with E-state index in [1.807, 2.05) is 6.26 Å². The zero-order valence-corrected chi connectivity index (χ0v) is 8.51. The molecule has 1 aliphatic carbocycles. The van der Waals surface area contributed by atoms with Crippen LogP contribution in [0.25, 0.3) is 0 Å². The van der Waals surface area contributed by atoms with Gasteiger partial charge >= 0.3 is 0 Å². The van der Waals surface area contributed by atoms with E-state index in [0.717, 1.165) is 12.8 Å². The van der Waals surface area contributed by atoms with Crippen LogP contribution in [0, 0.1) is 0 Å². The standard InChI is InChI=1S/C9H15NO2S/c1-13-5-4-9(12)10-7-2-3-8(11)6-7/h4-5,7-8,11H,2-3,6H2,1H3,(H,10,12)/b5-4+/t7-,8+/m0/s1. The van der Waals surface area contributed by atoms with Crippen molar-refractivity contribution >= 4 is 17.7 Å². The molecule has 1 amide bonds. The number of nitrogens with one attached hydrogen (secondary N) is 1. The zero-order valence-electron chi connectivity index (χ0n) is 7.69. The maximum Gasteiger partial charge on any atom is 0.244 e. The van der Waals surface area contributed by atoms with Gasteiger partial charge in [-0.1, -0.05) is 0 Å². The smallest absolute Gasteiger partial charge is 0.244 e. The van der Waals surface area contributed by atoms with E-state index in [0.29, 0.717) is 6.42 Å². The Bertz CT molecular complexity index is 206. The average Bonchev–Trinajstić information content (AvgIpc) is 2.48. The second-order valence-electron chi connectivity index (χ2n) is 3.21. The van der Waals surface area contributed by atoms with E-state index >= 15 is 0 Å². The van der Waals surface area contributed by atoms with E-state index in [4.69, 9.17) is 0 Å². The van der Waals surface area contributed by atoms with Gasteiger partial charge in [-0.2, -0.15) is 0 Å². The number of rotatable bonds is 3. The Kier molecular flexibility index (Phi) is 4.32. The molecule has 0 unspecified atom stereocenters. The first-order valence-corrected chi connectivity index (χ1v) is 5.69. The molecule has 74 valence electrons. The molecule has 0 saturated heterocycles. The van der Waals surface area contributed by atoms with Crippen molar-refractivity contribution in [3.8, 4) is 0 Å². The lowest BCUT2D eigenvalue weighted by Gasteiger charge is -2.09. The molecule has 1 fully saturated rings. The van der Waals surface area contributed by atoms with Gasteiger partial charge in [0.25, 0.3) is 0 Å². The highest BCUT2D eigenvalue weighted by Crippen LogP contribution is 2.18. The van der Waals surface area contributed by atoms with Crippen molar-refractivity contribution in [2.75, 3.05) is 6.26 Å². The van der Waals surface area contributed by atoms with Gasteiger partial charge < -0.3 is 10.4 Å². The second-order valence-corrected chi connectivity index (χ2v) is 3.95. The maximum absolute atomic E-state index is 11.2. The molecule has 0 aromatic heterocycles. The number of hydrogen-bond donors (Lipinski definition) is 2. The summed E-state index contributed by atoms with van der Waals surface area (Å²) in [7, 11) is 0. The molecular weight excluding hydrogens is 186 g/mol. The quantitative estimate of drug-likeness (QED) is 0.667. The third-order valence-electron chi connectivity index (χ3n) is 2.11. The number of aliphatic hydroxyl groups excluding tert-OH is 1. The van der Waals surface area contributed by atoms with Crippen molar-refractivity contribution in [2.24, 2.45) is 0 Å². The predicted octanol–water partition coefficient (Wildman–Crippen LogP) is 0.893. The molecule has 1 saturated carbocycles. The number of carbonyl (C=O) groups is 1. The summed E-state index contributed by atoms with van der Waals surface area (Å²) in [5.74, 6) is -0.0616. The van der Waals surface area contributed by atoms with Gasteiger partial charge in [-0.05, 0) is 30.9 Å². The SMILES string of the molecule is CS/C=C/C(=O)N[C@H]1CC[C@@H](O)C1. The summed E-state index contributed by atoms with van der Waals surface area (Å²) in [6.45, 7) is 0. The Morgan fingerprint density at radius 2 is 2.38 bits per heavy atom. The van der Waals surface area contributed by atoms with Crippen molar-refractivity contribution in [1.29, 1.82) is 0 Å². The van der Waals surface area contributed by atoms with Crippen LogP contribution >= 0.6 is 11.8 Å². The van der Waals surface area contributed by atoms with Gasteiger partial charge in [0.2, 0.25) is 5.91 Å². The average molecular weight is 201 g/mol. The molecule has 0 bridgehead atoms. The summed E-state index contributed by atoms with van der Waals surface area (Å²) in [5.41, 5.74) is 0. The minimum atomic E-state index is -0.227. The largest absolute Gasteiger partial charge is 0.393 e. The van der Waals surface area contributed by atoms with Gasteiger partial charge in [-0.25, -0.2) is 0 Å². The summed E-state index contributed by atoms with van der Waals surface area (Å²) >= 11 is 1.50. The lowest BCUT2D eigenvalue weighted by atomic mass is 10.2. The van der Waals surface area contributed by atoms with E-state index in [2.05, 4.69) is 5.32 Å². The first-order chi connectivity index (χ1) is 6.22. The van der Waals surface area contributed by atoms with Crippen molar-refractivity contribution in [1.82, 2.24) is 5.32 Å². The van der Waals surface area contributed by atoms with Crippen LogP contribution in [0.4, 0.5) is 0 Å². The van der Waals surface area contributed by atoms with Crippen LogP contribution in [0.3, 0.4) is 0 Å². The molecule has 0 aromatic rings. The van der Waals surface area contributed by atoms with Gasteiger partial charge in [-0.15, -0.1) is 11.8 Å². The van der Waals surface area contributed by atoms with Gasteiger partial charge in [0.1, 0.15) is 0 Å². The Morgan fingerprint density at radius 3 is 2.92 bits per heavy atom. The lowest BCUT2D eigenvalue weighted by Crippen LogP contribution is -2.31. The molecule has 0 heterocycles. The van der Waals surface area contributed by atoms with Crippen LogP contribution in [0.5, 0.6) is 0 Å². The number of carbonyl (C=O) groups excluding carboxylic acids is 1. The first kappa shape index (κ1) is 10.6. The number of hydrogen-bond acceptors (Lipinski definition) is 3. The molecule has 13 heavy (non-hydrogen) atoms. The molecule has 4 heteroatoms. The fourth-order valence-corrected chi connectivity index (χ4v) is 1.73. The maximum atomic E-state index is 11.2. The number of thioether (sulfide) groups is 1. The van der Waals surface area contributed by atoms with Crippen LogP contribution in [0.2, 0.25) is 0 Å². The zero-order chi connectivity index (χ0) is 9.68. The summed E-state index contributed by atoms with van der Waals surface area (Å²) in [6, 6.07) is 0.161. The highest BCUT2D eigenvalue weighted by atomic mass is 32.2. The molecule has 1 aliphatic rings. The molecule has 3 nitrogen and oxygen atoms in total. The molecule has 0 aliphatic heterocycles. The predicted molar refractivity (Wildman–Crippen MR) is 54.4 cm³/mol. The highest BCUT2D eigenvalue weighted by Gasteiger charge is 2.23. The van der Waals surface area contributed by atoms with Crippen molar-refractivity contribution in [3.05, 3.63) is 11.5 Å². The van der Waals surface area contributed by atoms with E-state index in [1.54, 1.807) is 5.41 Å². The first-order valence-electron chi connectivity index (χ1n) is 4.40.